The van der Waals surface area contributed by atoms with Crippen molar-refractivity contribution in [3.05, 3.63) is 28.8 Å². The first kappa shape index (κ1) is 12.2. The zero-order chi connectivity index (χ0) is 11.6. The van der Waals surface area contributed by atoms with Crippen LogP contribution in [0.5, 0.6) is 0 Å². The Bertz CT molecular complexity index is 436. The summed E-state index contributed by atoms with van der Waals surface area (Å²) in [5, 5.41) is 8.97. The number of rotatable bonds is 3. The molecule has 0 amide bonds. The van der Waals surface area contributed by atoms with Crippen molar-refractivity contribution >= 4 is 27.5 Å². The van der Waals surface area contributed by atoms with Crippen molar-refractivity contribution in [2.45, 2.75) is 11.3 Å². The van der Waals surface area contributed by atoms with Gasteiger partial charge in [0.25, 0.3) is 0 Å². The van der Waals surface area contributed by atoms with E-state index in [1.807, 2.05) is 0 Å². The number of thiol groups is 1. The summed E-state index contributed by atoms with van der Waals surface area (Å²) in [6.45, 7) is 0. The second-order valence-corrected chi connectivity index (χ2v) is 7.30. The normalized spacial score (nSPS) is 12.5. The molecular formula is C10H13ClO3S. The van der Waals surface area contributed by atoms with Gasteiger partial charge in [0.1, 0.15) is 0 Å². The standard InChI is InChI=1S/C10H13ClO3S/c1-15(2,14)9-4-3-7(5-8(9)11)6-10(12)13/h3-5,15H,6H2,1-2H3,(H,12,13). The zero-order valence-electron chi connectivity index (χ0n) is 8.53. The Morgan fingerprint density at radius 1 is 1.47 bits per heavy atom. The molecule has 1 N–H and O–H groups in total. The summed E-state index contributed by atoms with van der Waals surface area (Å²) >= 11 is 5.93. The molecule has 0 saturated heterocycles. The molecule has 0 aliphatic rings. The van der Waals surface area contributed by atoms with Crippen molar-refractivity contribution in [3.63, 3.8) is 0 Å². The molecule has 0 aliphatic carbocycles. The Hall–Kier alpha value is -0.870. The predicted octanol–water partition coefficient (Wildman–Crippen LogP) is 1.60. The number of halogens is 1. The van der Waals surface area contributed by atoms with E-state index in [9.17, 15) is 9.00 Å². The van der Waals surface area contributed by atoms with Crippen molar-refractivity contribution < 1.29 is 14.1 Å². The van der Waals surface area contributed by atoms with Gasteiger partial charge in [0.05, 0.1) is 11.4 Å². The molecule has 0 heterocycles. The molecule has 3 nitrogen and oxygen atoms in total. The average molecular weight is 249 g/mol. The number of benzene rings is 1. The SMILES string of the molecule is C[SH](C)(=O)c1ccc(CC(=O)O)cc1Cl. The Morgan fingerprint density at radius 2 is 2.07 bits per heavy atom. The maximum Gasteiger partial charge on any atom is 0.307 e. The fourth-order valence-corrected chi connectivity index (χ4v) is 3.10. The minimum absolute atomic E-state index is 0.0717. The molecule has 0 spiro atoms. The van der Waals surface area contributed by atoms with Crippen LogP contribution in [-0.2, 0) is 21.1 Å². The lowest BCUT2D eigenvalue weighted by atomic mass is 10.1. The van der Waals surface area contributed by atoms with E-state index in [0.717, 1.165) is 0 Å². The topological polar surface area (TPSA) is 54.4 Å². The van der Waals surface area contributed by atoms with Crippen LogP contribution in [0.2, 0.25) is 5.02 Å². The summed E-state index contributed by atoms with van der Waals surface area (Å²) in [5.41, 5.74) is 0.615. The summed E-state index contributed by atoms with van der Waals surface area (Å²) in [5.74, 6) is -0.907. The highest BCUT2D eigenvalue weighted by Crippen LogP contribution is 2.25. The van der Waals surface area contributed by atoms with Gasteiger partial charge in [-0.15, -0.1) is 0 Å². The highest BCUT2D eigenvalue weighted by molar-refractivity contribution is 8.01. The Balaban J connectivity index is 3.09. The van der Waals surface area contributed by atoms with Gasteiger partial charge in [0.2, 0.25) is 0 Å². The molecule has 0 radical (unpaired) electrons. The first-order valence-corrected chi connectivity index (χ1v) is 7.34. The van der Waals surface area contributed by atoms with Crippen LogP contribution in [0.1, 0.15) is 5.56 Å². The van der Waals surface area contributed by atoms with E-state index >= 15 is 0 Å². The van der Waals surface area contributed by atoms with Crippen LogP contribution in [0, 0.1) is 0 Å². The first-order chi connectivity index (χ1) is 6.80. The highest BCUT2D eigenvalue weighted by Gasteiger charge is 2.11. The number of hydrogen-bond donors (Lipinski definition) is 2. The van der Waals surface area contributed by atoms with E-state index in [4.69, 9.17) is 16.7 Å². The van der Waals surface area contributed by atoms with Gasteiger partial charge in [-0.3, -0.25) is 9.00 Å². The van der Waals surface area contributed by atoms with Crippen molar-refractivity contribution in [2.24, 2.45) is 0 Å². The Kier molecular flexibility index (Phi) is 3.52. The highest BCUT2D eigenvalue weighted by atomic mass is 35.5. The van der Waals surface area contributed by atoms with E-state index in [0.29, 0.717) is 15.5 Å². The molecule has 0 aromatic heterocycles. The summed E-state index contributed by atoms with van der Waals surface area (Å²) in [6.07, 6.45) is 3.19. The van der Waals surface area contributed by atoms with Gasteiger partial charge in [-0.2, -0.15) is 0 Å². The molecule has 1 aromatic carbocycles. The van der Waals surface area contributed by atoms with Crippen LogP contribution >= 0.6 is 11.6 Å². The van der Waals surface area contributed by atoms with Crippen LogP contribution in [0.4, 0.5) is 0 Å². The minimum atomic E-state index is -2.39. The third kappa shape index (κ3) is 3.32. The minimum Gasteiger partial charge on any atom is -0.481 e. The second-order valence-electron chi connectivity index (χ2n) is 3.71. The summed E-state index contributed by atoms with van der Waals surface area (Å²) < 4.78 is 11.8. The molecule has 0 unspecified atom stereocenters. The Morgan fingerprint density at radius 3 is 2.47 bits per heavy atom. The lowest BCUT2D eigenvalue weighted by molar-refractivity contribution is -0.136. The monoisotopic (exact) mass is 248 g/mol. The van der Waals surface area contributed by atoms with E-state index in [-0.39, 0.29) is 6.42 Å². The van der Waals surface area contributed by atoms with E-state index in [2.05, 4.69) is 0 Å². The van der Waals surface area contributed by atoms with Crippen LogP contribution in [0.3, 0.4) is 0 Å². The zero-order valence-corrected chi connectivity index (χ0v) is 10.2. The van der Waals surface area contributed by atoms with E-state index < -0.39 is 15.9 Å². The van der Waals surface area contributed by atoms with Crippen molar-refractivity contribution in [1.29, 1.82) is 0 Å². The van der Waals surface area contributed by atoms with Crippen LogP contribution in [-0.4, -0.2) is 27.8 Å². The van der Waals surface area contributed by atoms with Crippen molar-refractivity contribution in [2.75, 3.05) is 12.5 Å². The van der Waals surface area contributed by atoms with Crippen LogP contribution < -0.4 is 0 Å². The Labute approximate surface area is 94.5 Å². The molecule has 0 bridgehead atoms. The smallest absolute Gasteiger partial charge is 0.307 e. The molecule has 0 saturated carbocycles. The predicted molar refractivity (Wildman–Crippen MR) is 62.4 cm³/mol. The molecule has 1 aromatic rings. The molecule has 0 aliphatic heterocycles. The summed E-state index contributed by atoms with van der Waals surface area (Å²) in [7, 11) is -2.39. The number of carbonyl (C=O) groups is 1. The van der Waals surface area contributed by atoms with Gasteiger partial charge >= 0.3 is 5.97 Å². The molecule has 84 valence electrons. The van der Waals surface area contributed by atoms with Gasteiger partial charge in [0, 0.05) is 4.90 Å². The molecule has 1 rings (SSSR count). The largest absolute Gasteiger partial charge is 0.481 e. The molecule has 0 fully saturated rings. The molecule has 5 heteroatoms. The lowest BCUT2D eigenvalue weighted by Crippen LogP contribution is -2.08. The van der Waals surface area contributed by atoms with E-state index in [1.54, 1.807) is 30.7 Å². The first-order valence-electron chi connectivity index (χ1n) is 4.36. The van der Waals surface area contributed by atoms with Gasteiger partial charge in [0.15, 0.2) is 0 Å². The van der Waals surface area contributed by atoms with Crippen molar-refractivity contribution in [3.8, 4) is 0 Å². The van der Waals surface area contributed by atoms with E-state index in [1.165, 1.54) is 0 Å². The molecular weight excluding hydrogens is 236 g/mol. The van der Waals surface area contributed by atoms with Gasteiger partial charge in [-0.25, -0.2) is 0 Å². The van der Waals surface area contributed by atoms with Crippen LogP contribution in [0.15, 0.2) is 23.1 Å². The number of aliphatic carboxylic acids is 1. The maximum atomic E-state index is 11.8. The number of carboxylic acids is 1. The number of carboxylic acid groups (broad SMARTS) is 1. The fraction of sp³-hybridized carbons (Fsp3) is 0.300. The average Bonchev–Trinajstić information content (AvgIpc) is 1.99. The molecule has 15 heavy (non-hydrogen) atoms. The lowest BCUT2D eigenvalue weighted by Gasteiger charge is -2.14. The fourth-order valence-electron chi connectivity index (χ4n) is 1.27. The third-order valence-corrected chi connectivity index (χ3v) is 3.94. The third-order valence-electron chi connectivity index (χ3n) is 1.95. The van der Waals surface area contributed by atoms with Gasteiger partial charge in [-0.1, -0.05) is 27.6 Å². The number of hydrogen-bond acceptors (Lipinski definition) is 2. The quantitative estimate of drug-likeness (QED) is 0.799. The van der Waals surface area contributed by atoms with Crippen LogP contribution in [0.25, 0.3) is 0 Å². The van der Waals surface area contributed by atoms with Gasteiger partial charge in [-0.05, 0) is 30.2 Å². The summed E-state index contributed by atoms with van der Waals surface area (Å²) in [4.78, 5) is 11.1. The van der Waals surface area contributed by atoms with Crippen molar-refractivity contribution in [1.82, 2.24) is 0 Å². The maximum absolute atomic E-state index is 11.8. The molecule has 0 atom stereocenters. The summed E-state index contributed by atoms with van der Waals surface area (Å²) in [6, 6.07) is 4.85. The second kappa shape index (κ2) is 4.33. The van der Waals surface area contributed by atoms with Gasteiger partial charge < -0.3 is 5.11 Å².